The summed E-state index contributed by atoms with van der Waals surface area (Å²) in [5.74, 6) is 0. The van der Waals surface area contributed by atoms with E-state index in [0.29, 0.717) is 6.04 Å². The van der Waals surface area contributed by atoms with Crippen LogP contribution in [0.25, 0.3) is 0 Å². The Morgan fingerprint density at radius 2 is 1.79 bits per heavy atom. The summed E-state index contributed by atoms with van der Waals surface area (Å²) in [5, 5.41) is 0. The maximum atomic E-state index is 3.53. The van der Waals surface area contributed by atoms with Crippen molar-refractivity contribution in [2.75, 3.05) is 38.1 Å². The fourth-order valence-electron chi connectivity index (χ4n) is 3.98. The minimum atomic E-state index is 0.572. The van der Waals surface area contributed by atoms with Crippen molar-refractivity contribution in [1.82, 2.24) is 9.80 Å². The van der Waals surface area contributed by atoms with Crippen LogP contribution < -0.4 is 4.90 Å². The van der Waals surface area contributed by atoms with Crippen molar-refractivity contribution in [3.8, 4) is 0 Å². The SMILES string of the molecule is CN1CCN2c3ccccc3CN(Cc3ccc(Br)cc3)CC2C1. The van der Waals surface area contributed by atoms with E-state index >= 15 is 0 Å². The fourth-order valence-corrected chi connectivity index (χ4v) is 4.25. The zero-order valence-electron chi connectivity index (χ0n) is 14.2. The highest BCUT2D eigenvalue weighted by Crippen LogP contribution is 2.30. The number of piperazine rings is 1. The van der Waals surface area contributed by atoms with E-state index < -0.39 is 0 Å². The molecule has 0 saturated carbocycles. The standard InChI is InChI=1S/C20H24BrN3/c1-22-10-11-24-19(14-22)15-23(12-16-6-8-18(21)9-7-16)13-17-4-2-3-5-20(17)24/h2-9,19H,10-15H2,1H3. The van der Waals surface area contributed by atoms with Gasteiger partial charge in [0.1, 0.15) is 0 Å². The monoisotopic (exact) mass is 385 g/mol. The molecule has 1 saturated heterocycles. The number of fused-ring (bicyclic) bond motifs is 3. The molecule has 2 aliphatic rings. The third-order valence-electron chi connectivity index (χ3n) is 5.17. The second kappa shape index (κ2) is 6.87. The zero-order valence-corrected chi connectivity index (χ0v) is 15.7. The average molecular weight is 386 g/mol. The molecule has 2 aromatic rings. The average Bonchev–Trinajstić information content (AvgIpc) is 2.72. The maximum absolute atomic E-state index is 3.53. The minimum Gasteiger partial charge on any atom is -0.364 e. The van der Waals surface area contributed by atoms with Crippen molar-refractivity contribution in [1.29, 1.82) is 0 Å². The number of anilines is 1. The molecular weight excluding hydrogens is 362 g/mol. The van der Waals surface area contributed by atoms with Crippen molar-refractivity contribution in [2.24, 2.45) is 0 Å². The van der Waals surface area contributed by atoms with E-state index in [2.05, 4.69) is 86.2 Å². The van der Waals surface area contributed by atoms with Crippen molar-refractivity contribution < 1.29 is 0 Å². The van der Waals surface area contributed by atoms with Crippen LogP contribution in [0.1, 0.15) is 11.1 Å². The van der Waals surface area contributed by atoms with Gasteiger partial charge in [-0.15, -0.1) is 0 Å². The van der Waals surface area contributed by atoms with Gasteiger partial charge in [-0.25, -0.2) is 0 Å². The van der Waals surface area contributed by atoms with Gasteiger partial charge >= 0.3 is 0 Å². The first-order valence-corrected chi connectivity index (χ1v) is 9.48. The number of hydrogen-bond donors (Lipinski definition) is 0. The van der Waals surface area contributed by atoms with Gasteiger partial charge in [0.2, 0.25) is 0 Å². The van der Waals surface area contributed by atoms with Crippen LogP contribution in [0.2, 0.25) is 0 Å². The number of benzene rings is 2. The minimum absolute atomic E-state index is 0.572. The lowest BCUT2D eigenvalue weighted by atomic mass is 10.1. The van der Waals surface area contributed by atoms with E-state index in [1.807, 2.05) is 0 Å². The maximum Gasteiger partial charge on any atom is 0.0544 e. The lowest BCUT2D eigenvalue weighted by molar-refractivity contribution is 0.197. The number of hydrogen-bond acceptors (Lipinski definition) is 3. The lowest BCUT2D eigenvalue weighted by Crippen LogP contribution is -2.55. The highest BCUT2D eigenvalue weighted by Gasteiger charge is 2.31. The smallest absolute Gasteiger partial charge is 0.0544 e. The topological polar surface area (TPSA) is 9.72 Å². The molecule has 0 aromatic heterocycles. The summed E-state index contributed by atoms with van der Waals surface area (Å²) in [5.41, 5.74) is 4.28. The van der Waals surface area contributed by atoms with E-state index in [1.54, 1.807) is 0 Å². The normalized spacial score (nSPS) is 21.9. The lowest BCUT2D eigenvalue weighted by Gasteiger charge is -2.41. The molecular formula is C20H24BrN3. The third-order valence-corrected chi connectivity index (χ3v) is 5.70. The molecule has 0 bridgehead atoms. The summed E-state index contributed by atoms with van der Waals surface area (Å²) in [6.45, 7) is 6.58. The van der Waals surface area contributed by atoms with E-state index in [1.165, 1.54) is 16.8 Å². The first kappa shape index (κ1) is 16.1. The molecule has 24 heavy (non-hydrogen) atoms. The Balaban J connectivity index is 1.61. The predicted molar refractivity (Wildman–Crippen MR) is 103 cm³/mol. The Morgan fingerprint density at radius 3 is 2.62 bits per heavy atom. The van der Waals surface area contributed by atoms with E-state index in [4.69, 9.17) is 0 Å². The van der Waals surface area contributed by atoms with Gasteiger partial charge in [0.15, 0.2) is 0 Å². The summed E-state index contributed by atoms with van der Waals surface area (Å²) in [6.07, 6.45) is 0. The molecule has 126 valence electrons. The van der Waals surface area contributed by atoms with Crippen LogP contribution in [-0.4, -0.2) is 49.1 Å². The highest BCUT2D eigenvalue weighted by atomic mass is 79.9. The largest absolute Gasteiger partial charge is 0.364 e. The number of nitrogens with zero attached hydrogens (tertiary/aromatic N) is 3. The zero-order chi connectivity index (χ0) is 16.5. The quantitative estimate of drug-likeness (QED) is 0.781. The Hall–Kier alpha value is -1.36. The van der Waals surface area contributed by atoms with Crippen LogP contribution in [-0.2, 0) is 13.1 Å². The molecule has 0 N–H and O–H groups in total. The van der Waals surface area contributed by atoms with Gasteiger partial charge in [0.25, 0.3) is 0 Å². The second-order valence-corrected chi connectivity index (χ2v) is 7.95. The van der Waals surface area contributed by atoms with Gasteiger partial charge in [0.05, 0.1) is 6.04 Å². The second-order valence-electron chi connectivity index (χ2n) is 7.03. The number of rotatable bonds is 2. The summed E-state index contributed by atoms with van der Waals surface area (Å²) in [6, 6.07) is 18.3. The van der Waals surface area contributed by atoms with Crippen molar-refractivity contribution >= 4 is 21.6 Å². The molecule has 4 heteroatoms. The molecule has 1 atom stereocenters. The van der Waals surface area contributed by atoms with Gasteiger partial charge in [-0.3, -0.25) is 4.90 Å². The third kappa shape index (κ3) is 3.37. The number of likely N-dealkylation sites (N-methyl/N-ethyl adjacent to an activating group) is 1. The first-order chi connectivity index (χ1) is 11.7. The fraction of sp³-hybridized carbons (Fsp3) is 0.400. The first-order valence-electron chi connectivity index (χ1n) is 8.69. The molecule has 1 unspecified atom stereocenters. The summed E-state index contributed by atoms with van der Waals surface area (Å²) in [4.78, 5) is 7.70. The Labute approximate surface area is 153 Å². The molecule has 0 aliphatic carbocycles. The predicted octanol–water partition coefficient (Wildman–Crippen LogP) is 3.59. The van der Waals surface area contributed by atoms with E-state index in [9.17, 15) is 0 Å². The summed E-state index contributed by atoms with van der Waals surface area (Å²) < 4.78 is 1.15. The van der Waals surface area contributed by atoms with Crippen LogP contribution in [0.15, 0.2) is 53.0 Å². The molecule has 2 aromatic carbocycles. The van der Waals surface area contributed by atoms with Gasteiger partial charge in [0, 0.05) is 49.4 Å². The van der Waals surface area contributed by atoms with Crippen LogP contribution in [0.3, 0.4) is 0 Å². The van der Waals surface area contributed by atoms with Crippen LogP contribution in [0, 0.1) is 0 Å². The Kier molecular flexibility index (Phi) is 4.61. The molecule has 2 heterocycles. The van der Waals surface area contributed by atoms with Crippen LogP contribution in [0.5, 0.6) is 0 Å². The molecule has 0 amide bonds. The highest BCUT2D eigenvalue weighted by molar-refractivity contribution is 9.10. The molecule has 3 nitrogen and oxygen atoms in total. The van der Waals surface area contributed by atoms with Crippen molar-refractivity contribution in [2.45, 2.75) is 19.1 Å². The molecule has 2 aliphatic heterocycles. The Morgan fingerprint density at radius 1 is 1.00 bits per heavy atom. The van der Waals surface area contributed by atoms with Crippen molar-refractivity contribution in [3.05, 3.63) is 64.1 Å². The summed E-state index contributed by atoms with van der Waals surface area (Å²) >= 11 is 3.53. The van der Waals surface area contributed by atoms with Gasteiger partial charge < -0.3 is 9.80 Å². The number of halogens is 1. The van der Waals surface area contributed by atoms with Gasteiger partial charge in [-0.05, 0) is 36.4 Å². The molecule has 0 spiro atoms. The Bertz CT molecular complexity index is 700. The molecule has 4 rings (SSSR count). The van der Waals surface area contributed by atoms with E-state index in [-0.39, 0.29) is 0 Å². The molecule has 1 fully saturated rings. The van der Waals surface area contributed by atoms with Crippen LogP contribution in [0.4, 0.5) is 5.69 Å². The van der Waals surface area contributed by atoms with Gasteiger partial charge in [-0.1, -0.05) is 46.3 Å². The molecule has 0 radical (unpaired) electrons. The van der Waals surface area contributed by atoms with Gasteiger partial charge in [-0.2, -0.15) is 0 Å². The summed E-state index contributed by atoms with van der Waals surface area (Å²) in [7, 11) is 2.24. The van der Waals surface area contributed by atoms with Crippen LogP contribution >= 0.6 is 15.9 Å². The van der Waals surface area contributed by atoms with Crippen molar-refractivity contribution in [3.63, 3.8) is 0 Å². The van der Waals surface area contributed by atoms with E-state index in [0.717, 1.165) is 43.7 Å². The number of para-hydroxylation sites is 1.